The number of ether oxygens (including phenoxy) is 2. The maximum Gasteiger partial charge on any atom is 0.481 e. The fourth-order valence-electron chi connectivity index (χ4n) is 3.04. The highest BCUT2D eigenvalue weighted by Crippen LogP contribution is 2.58. The Morgan fingerprint density at radius 2 is 2.16 bits per heavy atom. The summed E-state index contributed by atoms with van der Waals surface area (Å²) in [6.45, 7) is -1.03. The molecule has 0 spiro atoms. The maximum absolute atomic E-state index is 12.2. The number of nitrogens with zero attached hydrogens (tertiary/aromatic N) is 3. The molecule has 174 valence electrons. The zero-order valence-corrected chi connectivity index (χ0v) is 17.4. The topological polar surface area (TPSA) is 253 Å². The van der Waals surface area contributed by atoms with Gasteiger partial charge in [-0.3, -0.25) is 14.3 Å². The largest absolute Gasteiger partial charge is 0.481 e. The van der Waals surface area contributed by atoms with E-state index in [1.54, 1.807) is 0 Å². The molecule has 5 atom stereocenters. The van der Waals surface area contributed by atoms with E-state index in [-0.39, 0.29) is 17.1 Å². The van der Waals surface area contributed by atoms with E-state index in [1.807, 2.05) is 0 Å². The second kappa shape index (κ2) is 7.99. The molecule has 0 saturated carbocycles. The number of aryl methyl sites for hydroxylation is 1. The Morgan fingerprint density at radius 1 is 1.48 bits per heavy atom. The molecule has 31 heavy (non-hydrogen) atoms. The highest BCUT2D eigenvalue weighted by molar-refractivity contribution is 7.60. The number of anilines is 1. The van der Waals surface area contributed by atoms with Gasteiger partial charge in [-0.05, 0) is 0 Å². The van der Waals surface area contributed by atoms with Crippen molar-refractivity contribution in [1.29, 1.82) is 0 Å². The summed E-state index contributed by atoms with van der Waals surface area (Å²) in [5.74, 6) is -2.84. The van der Waals surface area contributed by atoms with Crippen LogP contribution in [0.1, 0.15) is 7.60 Å². The van der Waals surface area contributed by atoms with E-state index in [2.05, 4.69) is 18.8 Å². The number of imidazole rings is 1. The number of nitrogens with two attached hydrogens (primary N) is 1. The van der Waals surface area contributed by atoms with Crippen molar-refractivity contribution >= 4 is 32.8 Å². The summed E-state index contributed by atoms with van der Waals surface area (Å²) in [5.41, 5.74) is 4.65. The van der Waals surface area contributed by atoms with Gasteiger partial charge in [0.05, 0.1) is 15.0 Å². The molecule has 0 aromatic carbocycles. The third-order valence-electron chi connectivity index (χ3n) is 4.35. The third kappa shape index (κ3) is 4.57. The van der Waals surface area contributed by atoms with Gasteiger partial charge in [0.25, 0.3) is 11.2 Å². The number of aliphatic hydroxyl groups is 2. The van der Waals surface area contributed by atoms with Crippen LogP contribution in [0, 0.1) is 0 Å². The van der Waals surface area contributed by atoms with Crippen molar-refractivity contribution in [2.75, 3.05) is 19.5 Å². The number of methoxy groups -OCH3 is 1. The average Bonchev–Trinajstić information content (AvgIpc) is 3.14. The summed E-state index contributed by atoms with van der Waals surface area (Å²) in [7, 11) is -10.2. The quantitative estimate of drug-likeness (QED) is 0.116. The summed E-state index contributed by atoms with van der Waals surface area (Å²) in [6.07, 6.45) is -3.95. The van der Waals surface area contributed by atoms with Crippen LogP contribution in [0.3, 0.4) is 0 Å². The molecule has 8 N–H and O–H groups in total. The number of fused-ring (bicyclic) bond motifs is 1. The molecular weight excluding hydrogens is 468 g/mol. The Balaban J connectivity index is 1.96. The maximum atomic E-state index is 12.2. The number of aromatic amines is 1. The van der Waals surface area contributed by atoms with Gasteiger partial charge >= 0.3 is 21.2 Å². The van der Waals surface area contributed by atoms with Crippen LogP contribution in [-0.2, 0) is 34.5 Å². The number of nitrogen functional groups attached to an aromatic ring is 1. The van der Waals surface area contributed by atoms with Crippen LogP contribution in [-0.4, -0.2) is 71.1 Å². The fourth-order valence-corrected chi connectivity index (χ4v) is 4.63. The lowest BCUT2D eigenvalue weighted by molar-refractivity contribution is -0.646. The Morgan fingerprint density at radius 3 is 2.74 bits per heavy atom. The van der Waals surface area contributed by atoms with Crippen molar-refractivity contribution in [3.8, 4) is 0 Å². The van der Waals surface area contributed by atoms with Gasteiger partial charge in [0, 0.05) is 7.11 Å². The van der Waals surface area contributed by atoms with Crippen LogP contribution < -0.4 is 15.9 Å². The van der Waals surface area contributed by atoms with Crippen molar-refractivity contribution in [1.82, 2.24) is 14.5 Å². The zero-order valence-electron chi connectivity index (χ0n) is 16.6. The number of hydrogen-bond donors (Lipinski definition) is 7. The predicted molar refractivity (Wildman–Crippen MR) is 96.7 cm³/mol. The van der Waals surface area contributed by atoms with Crippen molar-refractivity contribution in [2.45, 2.75) is 24.2 Å². The predicted octanol–water partition coefficient (Wildman–Crippen LogP) is -3.05. The highest BCUT2D eigenvalue weighted by atomic mass is 31.3. The molecular formula is C12H20N5O12P2+. The summed E-state index contributed by atoms with van der Waals surface area (Å²) >= 11 is 0. The second-order valence-corrected chi connectivity index (χ2v) is 9.20. The molecule has 0 radical (unpaired) electrons. The Bertz CT molecular complexity index is 1170. The van der Waals surface area contributed by atoms with E-state index in [1.165, 1.54) is 6.33 Å². The van der Waals surface area contributed by atoms with Gasteiger partial charge in [0.15, 0.2) is 6.10 Å². The third-order valence-corrected chi connectivity index (χ3v) is 6.50. The molecule has 3 heterocycles. The Kier molecular flexibility index (Phi) is 5.78. The highest BCUT2D eigenvalue weighted by Gasteiger charge is 2.60. The fraction of sp³-hybridized carbons (Fsp3) is 0.583. The molecule has 19 heteroatoms. The van der Waals surface area contributed by atoms with Gasteiger partial charge in [0.2, 0.25) is 24.3 Å². The van der Waals surface area contributed by atoms with E-state index in [4.69, 9.17) is 26.4 Å². The minimum absolute atomic E-state index is 0.0967. The monoisotopic (exact) mass is 489 g/mol. The zero-order chi connectivity index (χ0) is 24.1. The minimum Gasteiger partial charge on any atom is -0.381 e. The molecule has 1 saturated heterocycles. The number of aliphatic hydroxyl groups excluding tert-OH is 1. The van der Waals surface area contributed by atoms with Gasteiger partial charge in [-0.2, -0.15) is 13.9 Å². The van der Waals surface area contributed by atoms with E-state index in [0.717, 1.165) is 16.2 Å². The average molecular weight is 489 g/mol. The van der Waals surface area contributed by atoms with Crippen LogP contribution in [0.5, 0.6) is 0 Å². The summed E-state index contributed by atoms with van der Waals surface area (Å²) in [6, 6.07) is 0. The molecule has 1 fully saturated rings. The lowest BCUT2D eigenvalue weighted by Crippen LogP contribution is -2.50. The minimum atomic E-state index is -5.40. The summed E-state index contributed by atoms with van der Waals surface area (Å²) < 4.78 is 50.8. The molecule has 1 unspecified atom stereocenters. The van der Waals surface area contributed by atoms with E-state index in [0.29, 0.717) is 0 Å². The number of nitrogens with one attached hydrogen (secondary N) is 1. The molecule has 0 aliphatic carbocycles. The van der Waals surface area contributed by atoms with Gasteiger partial charge in [-0.1, -0.05) is 0 Å². The van der Waals surface area contributed by atoms with Crippen LogP contribution in [0.25, 0.3) is 11.2 Å². The van der Waals surface area contributed by atoms with E-state index < -0.39 is 59.1 Å². The molecule has 2 aromatic rings. The molecule has 3 rings (SSSR count). The molecule has 0 amide bonds. The Labute approximate surface area is 173 Å². The SMILES string of the molecule is [2H]C[n+]1cn([C@@H]2O[C@H](COP(=O)(O)OP(=O)(O)O)[C@](O)(OC)[C@H]2O)c2nc(N)[nH]c(=O)c21. The molecule has 17 nitrogen and oxygen atoms in total. The standard InChI is InChI=1S/C12H19N5O12P2/c1-16-4-17(8-6(16)9(19)15-11(13)14-8)10-7(18)12(20,26-2)5(28-10)3-27-31(24,25)29-30(21,22)23/h4-5,7,10,18,20H,3H2,1-2H3,(H5-,13,14,15,19,21,22,23,24,25)/p+1/t5-,7+,10-,12+/m1/s1/i1D. The molecule has 2 aromatic heterocycles. The normalized spacial score (nSPS) is 29.2. The van der Waals surface area contributed by atoms with Crippen molar-refractivity contribution in [2.24, 2.45) is 7.02 Å². The number of hydrogen-bond acceptors (Lipinski definition) is 11. The van der Waals surface area contributed by atoms with Crippen LogP contribution >= 0.6 is 15.6 Å². The number of H-pyrrole nitrogens is 1. The van der Waals surface area contributed by atoms with Crippen LogP contribution in [0.4, 0.5) is 5.95 Å². The van der Waals surface area contributed by atoms with Gasteiger partial charge in [-0.25, -0.2) is 13.7 Å². The number of phosphoric acid groups is 2. The summed E-state index contributed by atoms with van der Waals surface area (Å²) in [4.78, 5) is 45.2. The van der Waals surface area contributed by atoms with E-state index in [9.17, 15) is 29.0 Å². The van der Waals surface area contributed by atoms with Crippen molar-refractivity contribution < 1.29 is 58.3 Å². The number of phosphoric ester groups is 1. The van der Waals surface area contributed by atoms with Crippen LogP contribution in [0.2, 0.25) is 0 Å². The van der Waals surface area contributed by atoms with Crippen molar-refractivity contribution in [3.05, 3.63) is 16.7 Å². The Hall–Kier alpha value is -1.75. The van der Waals surface area contributed by atoms with E-state index >= 15 is 0 Å². The van der Waals surface area contributed by atoms with Gasteiger partial charge in [0.1, 0.15) is 6.10 Å². The first-order valence-electron chi connectivity index (χ1n) is 8.87. The first-order chi connectivity index (χ1) is 14.7. The van der Waals surface area contributed by atoms with Crippen LogP contribution in [0.15, 0.2) is 11.1 Å². The molecule has 1 aliphatic heterocycles. The number of rotatable bonds is 7. The van der Waals surface area contributed by atoms with Crippen molar-refractivity contribution in [3.63, 3.8) is 0 Å². The number of aromatic nitrogens is 4. The second-order valence-electron chi connectivity index (χ2n) is 6.37. The van der Waals surface area contributed by atoms with Gasteiger partial charge < -0.3 is 40.1 Å². The van der Waals surface area contributed by atoms with Gasteiger partial charge in [-0.15, -0.1) is 0 Å². The first-order valence-corrected chi connectivity index (χ1v) is 11.2. The molecule has 0 bridgehead atoms. The molecule has 1 aliphatic rings. The first kappa shape index (κ1) is 22.4. The smallest absolute Gasteiger partial charge is 0.381 e. The lowest BCUT2D eigenvalue weighted by atomic mass is 10.1. The summed E-state index contributed by atoms with van der Waals surface area (Å²) in [5, 5.41) is 21.4. The lowest BCUT2D eigenvalue weighted by Gasteiger charge is -2.28.